The van der Waals surface area contributed by atoms with Crippen LogP contribution in [-0.4, -0.2) is 21.1 Å². The normalized spacial score (nSPS) is 8.75. The van der Waals surface area contributed by atoms with Gasteiger partial charge in [-0.2, -0.15) is 0 Å². The minimum atomic E-state index is 0. The second-order valence-corrected chi connectivity index (χ2v) is 10.0. The van der Waals surface area contributed by atoms with Gasteiger partial charge < -0.3 is 13.5 Å². The van der Waals surface area contributed by atoms with Gasteiger partial charge >= 0.3 is 56.7 Å². The Morgan fingerprint density at radius 1 is 0.875 bits per heavy atom. The summed E-state index contributed by atoms with van der Waals surface area (Å²) >= 11 is 0.0389. The quantitative estimate of drug-likeness (QED) is 0.646. The summed E-state index contributed by atoms with van der Waals surface area (Å²) in [6.45, 7) is 9.36. The summed E-state index contributed by atoms with van der Waals surface area (Å²) in [6, 6.07) is 0. The maximum absolute atomic E-state index is 2.34. The predicted octanol–water partition coefficient (Wildman–Crippen LogP) is 2.34. The number of hydrogen-bond acceptors (Lipinski definition) is 0. The molecular formula is C6H14SSn. The Balaban J connectivity index is 0. The van der Waals surface area contributed by atoms with Crippen molar-refractivity contribution >= 4 is 34.6 Å². The average Bonchev–Trinajstić information content (AvgIpc) is 1.27. The van der Waals surface area contributed by atoms with Crippen LogP contribution in [0.5, 0.6) is 0 Å². The Hall–Kier alpha value is 1.15. The summed E-state index contributed by atoms with van der Waals surface area (Å²) in [4.78, 5) is 0. The third-order valence-corrected chi connectivity index (χ3v) is 4.47. The number of hydrogen-bond donors (Lipinski definition) is 0. The zero-order valence-corrected chi connectivity index (χ0v) is 9.73. The van der Waals surface area contributed by atoms with Crippen molar-refractivity contribution in [3.63, 3.8) is 0 Å². The Morgan fingerprint density at radius 3 is 1.12 bits per heavy atom. The van der Waals surface area contributed by atoms with Gasteiger partial charge in [0.15, 0.2) is 0 Å². The monoisotopic (exact) mass is 238 g/mol. The molecule has 0 saturated heterocycles. The van der Waals surface area contributed by atoms with Gasteiger partial charge in [0.1, 0.15) is 0 Å². The molecule has 2 heteroatoms. The van der Waals surface area contributed by atoms with Crippen LogP contribution in [-0.2, 0) is 13.5 Å². The van der Waals surface area contributed by atoms with Gasteiger partial charge in [-0.25, -0.2) is 0 Å². The molecule has 0 bridgehead atoms. The van der Waals surface area contributed by atoms with Gasteiger partial charge in [-0.3, -0.25) is 0 Å². The largest absolute Gasteiger partial charge is 2.00 e. The van der Waals surface area contributed by atoms with Crippen molar-refractivity contribution in [3.05, 3.63) is 0 Å². The third-order valence-electron chi connectivity index (χ3n) is 0.667. The molecule has 0 spiro atoms. The molecule has 0 aliphatic rings. The van der Waals surface area contributed by atoms with Crippen LogP contribution in [0.25, 0.3) is 0 Å². The van der Waals surface area contributed by atoms with E-state index in [1.165, 1.54) is 0 Å². The van der Waals surface area contributed by atoms with Crippen LogP contribution in [0.1, 0.15) is 27.7 Å². The summed E-state index contributed by atoms with van der Waals surface area (Å²) in [5, 5.41) is 0. The zero-order chi connectivity index (χ0) is 5.86. The maximum Gasteiger partial charge on any atom is -2.00 e. The molecule has 0 N–H and O–H groups in total. The van der Waals surface area contributed by atoms with Gasteiger partial charge in [-0.1, -0.05) is 0 Å². The number of rotatable bonds is 2. The van der Waals surface area contributed by atoms with Crippen LogP contribution in [0.15, 0.2) is 0 Å². The fraction of sp³-hybridized carbons (Fsp3) is 1.00. The fourth-order valence-electron chi connectivity index (χ4n) is 0.667. The molecule has 0 aromatic heterocycles. The van der Waals surface area contributed by atoms with Crippen molar-refractivity contribution in [1.82, 2.24) is 0 Å². The van der Waals surface area contributed by atoms with E-state index in [1.54, 1.807) is 0 Å². The molecule has 0 radical (unpaired) electrons. The molecule has 48 valence electrons. The first-order valence-corrected chi connectivity index (χ1v) is 6.18. The standard InChI is InChI=1S/2C3H7.S.Sn/c2*1-3-2;;/h2*3H,1-2H3;;/q;;-2;+2. The summed E-state index contributed by atoms with van der Waals surface area (Å²) in [5.41, 5.74) is 0. The molecular weight excluding hydrogens is 223 g/mol. The molecule has 8 heavy (non-hydrogen) atoms. The Labute approximate surface area is 70.1 Å². The van der Waals surface area contributed by atoms with E-state index < -0.39 is 0 Å². The van der Waals surface area contributed by atoms with Crippen molar-refractivity contribution in [2.45, 2.75) is 35.6 Å². The van der Waals surface area contributed by atoms with E-state index in [0.29, 0.717) is 0 Å². The summed E-state index contributed by atoms with van der Waals surface area (Å²) < 4.78 is 2.09. The minimum absolute atomic E-state index is 0. The molecule has 0 fully saturated rings. The molecule has 0 unspecified atom stereocenters. The maximum atomic E-state index is 2.34. The van der Waals surface area contributed by atoms with Crippen LogP contribution in [0.4, 0.5) is 0 Å². The molecule has 0 aliphatic heterocycles. The molecule has 0 aromatic rings. The second kappa shape index (κ2) is 6.27. The molecule has 0 nitrogen and oxygen atoms in total. The fourth-order valence-corrected chi connectivity index (χ4v) is 4.47. The Kier molecular flexibility index (Phi) is 9.32. The van der Waals surface area contributed by atoms with Crippen molar-refractivity contribution in [2.75, 3.05) is 0 Å². The van der Waals surface area contributed by atoms with Crippen molar-refractivity contribution < 1.29 is 0 Å². The van der Waals surface area contributed by atoms with Crippen LogP contribution < -0.4 is 0 Å². The zero-order valence-electron chi connectivity index (χ0n) is 6.06. The Morgan fingerprint density at radius 2 is 1.12 bits per heavy atom. The van der Waals surface area contributed by atoms with Gasteiger partial charge in [0.2, 0.25) is 0 Å². The first-order valence-electron chi connectivity index (χ1n) is 2.89. The van der Waals surface area contributed by atoms with Gasteiger partial charge in [0, 0.05) is 0 Å². The molecule has 0 amide bonds. The summed E-state index contributed by atoms with van der Waals surface area (Å²) in [7, 11) is 0. The van der Waals surface area contributed by atoms with Crippen molar-refractivity contribution in [1.29, 1.82) is 0 Å². The van der Waals surface area contributed by atoms with Crippen molar-refractivity contribution in [3.8, 4) is 0 Å². The topological polar surface area (TPSA) is 0 Å². The Bertz CT molecular complexity index is 37.8. The molecule has 0 saturated carbocycles. The third kappa shape index (κ3) is 10.2. The first-order chi connectivity index (χ1) is 3.13. The van der Waals surface area contributed by atoms with Gasteiger partial charge in [0.25, 0.3) is 0 Å². The van der Waals surface area contributed by atoms with E-state index >= 15 is 0 Å². The van der Waals surface area contributed by atoms with Gasteiger partial charge in [-0.05, 0) is 0 Å². The molecule has 0 rings (SSSR count). The van der Waals surface area contributed by atoms with Gasteiger partial charge in [0.05, 0.1) is 0 Å². The van der Waals surface area contributed by atoms with E-state index in [1.807, 2.05) is 0 Å². The van der Waals surface area contributed by atoms with Crippen LogP contribution >= 0.6 is 0 Å². The first kappa shape index (κ1) is 11.9. The van der Waals surface area contributed by atoms with Gasteiger partial charge in [-0.15, -0.1) is 0 Å². The van der Waals surface area contributed by atoms with Crippen LogP contribution in [0.3, 0.4) is 0 Å². The second-order valence-electron chi connectivity index (χ2n) is 2.48. The van der Waals surface area contributed by atoms with E-state index in [-0.39, 0.29) is 34.6 Å². The smallest absolute Gasteiger partial charge is 2.00 e. The average molecular weight is 237 g/mol. The van der Waals surface area contributed by atoms with E-state index in [0.717, 1.165) is 7.87 Å². The van der Waals surface area contributed by atoms with E-state index in [9.17, 15) is 0 Å². The molecule has 0 heterocycles. The SMILES string of the molecule is C[CH](C)[Sn+2][CH](C)C.[S-2]. The molecule has 0 aliphatic carbocycles. The predicted molar refractivity (Wildman–Crippen MR) is 43.3 cm³/mol. The summed E-state index contributed by atoms with van der Waals surface area (Å²) in [5.74, 6) is 0. The van der Waals surface area contributed by atoms with Crippen LogP contribution in [0.2, 0.25) is 7.87 Å². The minimum Gasteiger partial charge on any atom is -2.00 e. The van der Waals surface area contributed by atoms with E-state index in [2.05, 4.69) is 27.7 Å². The van der Waals surface area contributed by atoms with Crippen molar-refractivity contribution in [2.24, 2.45) is 0 Å². The molecule has 0 aromatic carbocycles. The van der Waals surface area contributed by atoms with Crippen LogP contribution in [0, 0.1) is 0 Å². The molecule has 0 atom stereocenters. The van der Waals surface area contributed by atoms with E-state index in [4.69, 9.17) is 0 Å². The summed E-state index contributed by atoms with van der Waals surface area (Å²) in [6.07, 6.45) is 0.